The van der Waals surface area contributed by atoms with Gasteiger partial charge in [0.15, 0.2) is 0 Å². The molecule has 0 atom stereocenters. The predicted molar refractivity (Wildman–Crippen MR) is 80.6 cm³/mol. The van der Waals surface area contributed by atoms with E-state index >= 15 is 0 Å². The van der Waals surface area contributed by atoms with E-state index in [1.54, 1.807) is 7.11 Å². The number of nitrogens with zero attached hydrogens (tertiary/aromatic N) is 4. The first-order valence-electron chi connectivity index (χ1n) is 7.66. The van der Waals surface area contributed by atoms with Crippen molar-refractivity contribution in [1.82, 2.24) is 20.2 Å². The summed E-state index contributed by atoms with van der Waals surface area (Å²) in [6.07, 6.45) is 5.40. The normalized spacial score (nSPS) is 13.9. The second-order valence-electron chi connectivity index (χ2n) is 5.47. The summed E-state index contributed by atoms with van der Waals surface area (Å²) < 4.78 is 10.3. The number of methoxy groups -OCH3 is 1. The van der Waals surface area contributed by atoms with Gasteiger partial charge >= 0.3 is 6.01 Å². The molecule has 0 fully saturated rings. The van der Waals surface area contributed by atoms with E-state index in [4.69, 9.17) is 14.1 Å². The van der Waals surface area contributed by atoms with E-state index < -0.39 is 0 Å². The van der Waals surface area contributed by atoms with Crippen molar-refractivity contribution in [2.45, 2.75) is 45.6 Å². The summed E-state index contributed by atoms with van der Waals surface area (Å²) in [7, 11) is 1.59. The lowest BCUT2D eigenvalue weighted by Crippen LogP contribution is -2.14. The van der Waals surface area contributed by atoms with Crippen LogP contribution in [0.2, 0.25) is 0 Å². The van der Waals surface area contributed by atoms with Gasteiger partial charge in [0.2, 0.25) is 5.89 Å². The number of fused-ring (bicyclic) bond motifs is 1. The lowest BCUT2D eigenvalue weighted by molar-refractivity contribution is 0.160. The summed E-state index contributed by atoms with van der Waals surface area (Å²) in [6.45, 7) is 3.06. The van der Waals surface area contributed by atoms with Crippen molar-refractivity contribution in [1.29, 1.82) is 0 Å². The van der Waals surface area contributed by atoms with Crippen LogP contribution in [0.5, 0.6) is 0 Å². The molecule has 2 heterocycles. The number of ether oxygens (including phenoxy) is 1. The van der Waals surface area contributed by atoms with Gasteiger partial charge in [-0.15, -0.1) is 5.10 Å². The third-order valence-corrected chi connectivity index (χ3v) is 3.80. The first kappa shape index (κ1) is 14.9. The Morgan fingerprint density at radius 1 is 1.18 bits per heavy atom. The highest BCUT2D eigenvalue weighted by atomic mass is 16.5. The van der Waals surface area contributed by atoms with E-state index in [0.29, 0.717) is 25.1 Å². The first-order valence-corrected chi connectivity index (χ1v) is 7.66. The van der Waals surface area contributed by atoms with Gasteiger partial charge in [-0.1, -0.05) is 5.10 Å². The maximum atomic E-state index is 5.38. The Hall–Kier alpha value is -2.02. The molecule has 1 aliphatic carbocycles. The predicted octanol–water partition coefficient (Wildman–Crippen LogP) is 1.85. The summed E-state index contributed by atoms with van der Waals surface area (Å²) in [4.78, 5) is 9.32. The summed E-state index contributed by atoms with van der Waals surface area (Å²) in [5.74, 6) is 1.34. The minimum atomic E-state index is 0.321. The van der Waals surface area contributed by atoms with Crippen molar-refractivity contribution in [2.24, 2.45) is 0 Å². The second-order valence-corrected chi connectivity index (χ2v) is 5.47. The summed E-state index contributed by atoms with van der Waals surface area (Å²) in [6, 6.07) is 0.404. The van der Waals surface area contributed by atoms with Crippen molar-refractivity contribution in [2.75, 3.05) is 19.0 Å². The molecule has 0 radical (unpaired) electrons. The lowest BCUT2D eigenvalue weighted by atomic mass is 9.95. The second kappa shape index (κ2) is 6.83. The van der Waals surface area contributed by atoms with E-state index in [2.05, 4.69) is 27.4 Å². The Balaban J connectivity index is 1.58. The van der Waals surface area contributed by atoms with Gasteiger partial charge in [0, 0.05) is 31.5 Å². The standard InChI is InChI=1S/C15H21N5O2/c1-10-11-5-3-4-6-12(11)18-13(17-10)7-8-16-15-20-19-14(22-15)9-21-2/h3-9H2,1-2H3,(H,16,20). The molecule has 0 amide bonds. The molecule has 2 aromatic rings. The van der Waals surface area contributed by atoms with Crippen molar-refractivity contribution in [3.05, 3.63) is 28.7 Å². The van der Waals surface area contributed by atoms with Crippen LogP contribution in [0.3, 0.4) is 0 Å². The summed E-state index contributed by atoms with van der Waals surface area (Å²) in [5.41, 5.74) is 3.71. The van der Waals surface area contributed by atoms with Crippen LogP contribution in [-0.4, -0.2) is 33.8 Å². The average Bonchev–Trinajstić information content (AvgIpc) is 2.95. The van der Waals surface area contributed by atoms with Gasteiger partial charge in [0.25, 0.3) is 0 Å². The van der Waals surface area contributed by atoms with E-state index in [1.807, 2.05) is 0 Å². The Morgan fingerprint density at radius 3 is 2.91 bits per heavy atom. The molecule has 22 heavy (non-hydrogen) atoms. The zero-order valence-electron chi connectivity index (χ0n) is 13.1. The summed E-state index contributed by atoms with van der Waals surface area (Å²) in [5, 5.41) is 10.9. The monoisotopic (exact) mass is 303 g/mol. The fourth-order valence-electron chi connectivity index (χ4n) is 2.74. The van der Waals surface area contributed by atoms with Crippen molar-refractivity contribution in [3.8, 4) is 0 Å². The van der Waals surface area contributed by atoms with Crippen LogP contribution in [0.25, 0.3) is 0 Å². The van der Waals surface area contributed by atoms with Crippen LogP contribution in [-0.2, 0) is 30.6 Å². The molecule has 3 rings (SSSR count). The van der Waals surface area contributed by atoms with E-state index in [9.17, 15) is 0 Å². The van der Waals surface area contributed by atoms with Gasteiger partial charge in [-0.2, -0.15) is 0 Å². The fraction of sp³-hybridized carbons (Fsp3) is 0.600. The number of aromatic nitrogens is 4. The van der Waals surface area contributed by atoms with Gasteiger partial charge in [-0.25, -0.2) is 9.97 Å². The molecular formula is C15H21N5O2. The highest BCUT2D eigenvalue weighted by Gasteiger charge is 2.15. The van der Waals surface area contributed by atoms with Crippen LogP contribution < -0.4 is 5.32 Å². The van der Waals surface area contributed by atoms with E-state index in [0.717, 1.165) is 30.8 Å². The van der Waals surface area contributed by atoms with Crippen LogP contribution in [0.15, 0.2) is 4.42 Å². The van der Waals surface area contributed by atoms with Crippen LogP contribution in [0.4, 0.5) is 6.01 Å². The third kappa shape index (κ3) is 3.41. The molecule has 0 spiro atoms. The third-order valence-electron chi connectivity index (χ3n) is 3.80. The van der Waals surface area contributed by atoms with Gasteiger partial charge in [-0.3, -0.25) is 0 Å². The molecule has 1 aliphatic rings. The number of anilines is 1. The Kier molecular flexibility index (Phi) is 4.62. The highest BCUT2D eigenvalue weighted by molar-refractivity contribution is 5.27. The number of nitrogens with one attached hydrogen (secondary N) is 1. The van der Waals surface area contributed by atoms with Crippen molar-refractivity contribution < 1.29 is 9.15 Å². The number of aryl methyl sites for hydroxylation is 2. The van der Waals surface area contributed by atoms with Crippen LogP contribution in [0, 0.1) is 6.92 Å². The van der Waals surface area contributed by atoms with Gasteiger partial charge in [0.05, 0.1) is 0 Å². The fourth-order valence-corrected chi connectivity index (χ4v) is 2.74. The number of hydrogen-bond acceptors (Lipinski definition) is 7. The molecule has 0 saturated heterocycles. The molecular weight excluding hydrogens is 282 g/mol. The van der Waals surface area contributed by atoms with Crippen molar-refractivity contribution >= 4 is 6.01 Å². The number of hydrogen-bond donors (Lipinski definition) is 1. The minimum absolute atomic E-state index is 0.321. The SMILES string of the molecule is COCc1nnc(NCCc2nc(C)c3c(n2)CCCC3)o1. The number of rotatable bonds is 6. The molecule has 0 aliphatic heterocycles. The summed E-state index contributed by atoms with van der Waals surface area (Å²) >= 11 is 0. The highest BCUT2D eigenvalue weighted by Crippen LogP contribution is 2.21. The van der Waals surface area contributed by atoms with Crippen molar-refractivity contribution in [3.63, 3.8) is 0 Å². The van der Waals surface area contributed by atoms with E-state index in [-0.39, 0.29) is 0 Å². The molecule has 2 aromatic heterocycles. The smallest absolute Gasteiger partial charge is 0.315 e. The van der Waals surface area contributed by atoms with E-state index in [1.165, 1.54) is 24.1 Å². The molecule has 118 valence electrons. The Morgan fingerprint density at radius 2 is 2.05 bits per heavy atom. The Bertz CT molecular complexity index is 641. The minimum Gasteiger partial charge on any atom is -0.406 e. The van der Waals surface area contributed by atoms with Gasteiger partial charge < -0.3 is 14.5 Å². The molecule has 7 heteroatoms. The molecule has 0 bridgehead atoms. The van der Waals surface area contributed by atoms with Crippen LogP contribution in [0.1, 0.15) is 41.5 Å². The quantitative estimate of drug-likeness (QED) is 0.871. The molecule has 0 saturated carbocycles. The van der Waals surface area contributed by atoms with Gasteiger partial charge in [-0.05, 0) is 38.2 Å². The largest absolute Gasteiger partial charge is 0.406 e. The van der Waals surface area contributed by atoms with Crippen LogP contribution >= 0.6 is 0 Å². The topological polar surface area (TPSA) is 86.0 Å². The maximum absolute atomic E-state index is 5.38. The first-order chi connectivity index (χ1) is 10.8. The zero-order valence-corrected chi connectivity index (χ0v) is 13.1. The molecule has 0 aromatic carbocycles. The molecule has 1 N–H and O–H groups in total. The Labute approximate surface area is 129 Å². The maximum Gasteiger partial charge on any atom is 0.315 e. The average molecular weight is 303 g/mol. The lowest BCUT2D eigenvalue weighted by Gasteiger charge is -2.17. The molecule has 7 nitrogen and oxygen atoms in total. The molecule has 0 unspecified atom stereocenters. The zero-order chi connectivity index (χ0) is 15.4. The van der Waals surface area contributed by atoms with Gasteiger partial charge in [0.1, 0.15) is 12.4 Å².